The van der Waals surface area contributed by atoms with Crippen LogP contribution in [0.5, 0.6) is 0 Å². The summed E-state index contributed by atoms with van der Waals surface area (Å²) in [5.41, 5.74) is 6.90. The summed E-state index contributed by atoms with van der Waals surface area (Å²) < 4.78 is 16.0. The molecule has 6 nitrogen and oxygen atoms in total. The van der Waals surface area contributed by atoms with Gasteiger partial charge in [0, 0.05) is 17.3 Å². The van der Waals surface area contributed by atoms with Crippen LogP contribution in [0.3, 0.4) is 0 Å². The molecular formula is C13H19BrN2O4. The largest absolute Gasteiger partial charge is 0.399 e. The molecule has 0 fully saturated rings. The zero-order valence-corrected chi connectivity index (χ0v) is 12.9. The number of methoxy groups -OCH3 is 1. The van der Waals surface area contributed by atoms with Gasteiger partial charge in [0.15, 0.2) is 0 Å². The number of nitrogens with one attached hydrogen (secondary N) is 1. The maximum absolute atomic E-state index is 11.6. The van der Waals surface area contributed by atoms with E-state index in [0.717, 1.165) is 4.47 Å². The molecule has 0 bridgehead atoms. The molecule has 0 aromatic heterocycles. The van der Waals surface area contributed by atoms with Crippen LogP contribution < -0.4 is 11.1 Å². The number of nitrogens with two attached hydrogens (primary N) is 1. The van der Waals surface area contributed by atoms with E-state index in [0.29, 0.717) is 37.8 Å². The quantitative estimate of drug-likeness (QED) is 0.524. The molecule has 112 valence electrons. The van der Waals surface area contributed by atoms with Crippen LogP contribution in [0.15, 0.2) is 22.7 Å². The Kier molecular flexibility index (Phi) is 8.20. The summed E-state index contributed by atoms with van der Waals surface area (Å²) in [6, 6.07) is 5.16. The minimum Gasteiger partial charge on any atom is -0.399 e. The first-order chi connectivity index (χ1) is 9.63. The first-order valence-corrected chi connectivity index (χ1v) is 6.92. The van der Waals surface area contributed by atoms with Crippen LogP contribution in [0.4, 0.5) is 11.4 Å². The van der Waals surface area contributed by atoms with Crippen molar-refractivity contribution in [3.63, 3.8) is 0 Å². The standard InChI is InChI=1S/C13H19BrN2O4/c1-18-4-5-19-6-7-20-9-13(17)16-12-3-2-10(15)8-11(12)14/h2-3,8H,4-7,9,15H2,1H3,(H,16,17). The number of ether oxygens (including phenoxy) is 3. The van der Waals surface area contributed by atoms with Gasteiger partial charge in [0.2, 0.25) is 5.91 Å². The third-order valence-corrected chi connectivity index (χ3v) is 2.96. The van der Waals surface area contributed by atoms with Crippen molar-refractivity contribution in [2.45, 2.75) is 0 Å². The molecule has 0 saturated heterocycles. The van der Waals surface area contributed by atoms with Crippen LogP contribution >= 0.6 is 15.9 Å². The van der Waals surface area contributed by atoms with Crippen molar-refractivity contribution in [2.24, 2.45) is 0 Å². The van der Waals surface area contributed by atoms with Crippen LogP contribution in [-0.2, 0) is 19.0 Å². The van der Waals surface area contributed by atoms with Crippen LogP contribution in [-0.4, -0.2) is 46.1 Å². The van der Waals surface area contributed by atoms with Gasteiger partial charge in [0.05, 0.1) is 32.1 Å². The first-order valence-electron chi connectivity index (χ1n) is 6.12. The van der Waals surface area contributed by atoms with E-state index in [2.05, 4.69) is 21.2 Å². The van der Waals surface area contributed by atoms with Crippen molar-refractivity contribution >= 4 is 33.2 Å². The molecule has 1 rings (SSSR count). The fourth-order valence-electron chi connectivity index (χ4n) is 1.35. The summed E-state index contributed by atoms with van der Waals surface area (Å²) in [6.45, 7) is 1.84. The average molecular weight is 347 g/mol. The molecule has 7 heteroatoms. The monoisotopic (exact) mass is 346 g/mol. The molecular weight excluding hydrogens is 328 g/mol. The molecule has 20 heavy (non-hydrogen) atoms. The summed E-state index contributed by atoms with van der Waals surface area (Å²) in [4.78, 5) is 11.6. The Bertz CT molecular complexity index is 429. The molecule has 1 aromatic rings. The summed E-state index contributed by atoms with van der Waals surface area (Å²) in [5.74, 6) is -0.229. The van der Waals surface area contributed by atoms with Gasteiger partial charge in [-0.1, -0.05) is 0 Å². The molecule has 0 atom stereocenters. The number of rotatable bonds is 9. The highest BCUT2D eigenvalue weighted by Crippen LogP contribution is 2.24. The van der Waals surface area contributed by atoms with Gasteiger partial charge in [0.1, 0.15) is 6.61 Å². The van der Waals surface area contributed by atoms with Crippen molar-refractivity contribution in [1.29, 1.82) is 0 Å². The molecule has 0 heterocycles. The molecule has 0 saturated carbocycles. The van der Waals surface area contributed by atoms with E-state index in [1.807, 2.05) is 0 Å². The maximum atomic E-state index is 11.6. The minimum absolute atomic E-state index is 0.0234. The fraction of sp³-hybridized carbons (Fsp3) is 0.462. The van der Waals surface area contributed by atoms with Crippen molar-refractivity contribution in [2.75, 3.05) is 51.2 Å². The molecule has 0 aliphatic heterocycles. The Hall–Kier alpha value is -1.15. The molecule has 0 radical (unpaired) electrons. The maximum Gasteiger partial charge on any atom is 0.250 e. The predicted molar refractivity (Wildman–Crippen MR) is 80.7 cm³/mol. The van der Waals surface area contributed by atoms with Crippen LogP contribution in [0, 0.1) is 0 Å². The number of anilines is 2. The Morgan fingerprint density at radius 1 is 1.25 bits per heavy atom. The van der Waals surface area contributed by atoms with Gasteiger partial charge in [-0.05, 0) is 34.1 Å². The van der Waals surface area contributed by atoms with Crippen molar-refractivity contribution in [1.82, 2.24) is 0 Å². The first kappa shape index (κ1) is 16.9. The van der Waals surface area contributed by atoms with E-state index >= 15 is 0 Å². The third kappa shape index (κ3) is 6.85. The van der Waals surface area contributed by atoms with Gasteiger partial charge >= 0.3 is 0 Å². The second-order valence-electron chi connectivity index (χ2n) is 3.95. The second kappa shape index (κ2) is 9.71. The topological polar surface area (TPSA) is 82.8 Å². The minimum atomic E-state index is -0.229. The third-order valence-electron chi connectivity index (χ3n) is 2.30. The number of amides is 1. The molecule has 0 aliphatic carbocycles. The number of halogens is 1. The Balaban J connectivity index is 2.17. The lowest BCUT2D eigenvalue weighted by Crippen LogP contribution is -2.20. The summed E-state index contributed by atoms with van der Waals surface area (Å²) >= 11 is 3.33. The van der Waals surface area contributed by atoms with Crippen molar-refractivity contribution < 1.29 is 19.0 Å². The van der Waals surface area contributed by atoms with Gasteiger partial charge in [-0.3, -0.25) is 4.79 Å². The number of carbonyl (C=O) groups is 1. The number of hydrogen-bond acceptors (Lipinski definition) is 5. The predicted octanol–water partition coefficient (Wildman–Crippen LogP) is 1.65. The average Bonchev–Trinajstić information content (AvgIpc) is 2.41. The molecule has 0 aliphatic rings. The van der Waals surface area contributed by atoms with Gasteiger partial charge in [0.25, 0.3) is 0 Å². The highest BCUT2D eigenvalue weighted by Gasteiger charge is 2.05. The van der Waals surface area contributed by atoms with Crippen molar-refractivity contribution in [3.05, 3.63) is 22.7 Å². The zero-order valence-electron chi connectivity index (χ0n) is 11.4. The lowest BCUT2D eigenvalue weighted by Gasteiger charge is -2.09. The zero-order chi connectivity index (χ0) is 14.8. The normalized spacial score (nSPS) is 10.5. The molecule has 3 N–H and O–H groups in total. The molecule has 0 spiro atoms. The van der Waals surface area contributed by atoms with Gasteiger partial charge in [-0.2, -0.15) is 0 Å². The Morgan fingerprint density at radius 2 is 1.95 bits per heavy atom. The molecule has 1 amide bonds. The van der Waals surface area contributed by atoms with Gasteiger partial charge in [-0.25, -0.2) is 0 Å². The number of carbonyl (C=O) groups excluding carboxylic acids is 1. The summed E-state index contributed by atoms with van der Waals surface area (Å²) in [6.07, 6.45) is 0. The number of nitrogen functional groups attached to an aromatic ring is 1. The van der Waals surface area contributed by atoms with Crippen LogP contribution in [0.2, 0.25) is 0 Å². The Morgan fingerprint density at radius 3 is 2.65 bits per heavy atom. The van der Waals surface area contributed by atoms with Gasteiger partial charge in [-0.15, -0.1) is 0 Å². The number of benzene rings is 1. The smallest absolute Gasteiger partial charge is 0.250 e. The SMILES string of the molecule is COCCOCCOCC(=O)Nc1ccc(N)cc1Br. The lowest BCUT2D eigenvalue weighted by molar-refractivity contribution is -0.121. The summed E-state index contributed by atoms with van der Waals surface area (Å²) in [7, 11) is 1.61. The van der Waals surface area contributed by atoms with E-state index < -0.39 is 0 Å². The van der Waals surface area contributed by atoms with Gasteiger partial charge < -0.3 is 25.3 Å². The fourth-order valence-corrected chi connectivity index (χ4v) is 1.84. The van der Waals surface area contributed by atoms with E-state index in [-0.39, 0.29) is 12.5 Å². The molecule has 1 aromatic carbocycles. The van der Waals surface area contributed by atoms with Crippen LogP contribution in [0.1, 0.15) is 0 Å². The summed E-state index contributed by atoms with van der Waals surface area (Å²) in [5, 5.41) is 2.72. The highest BCUT2D eigenvalue weighted by molar-refractivity contribution is 9.10. The van der Waals surface area contributed by atoms with E-state index in [1.54, 1.807) is 25.3 Å². The van der Waals surface area contributed by atoms with Crippen LogP contribution in [0.25, 0.3) is 0 Å². The van der Waals surface area contributed by atoms with E-state index in [4.69, 9.17) is 19.9 Å². The Labute approximate surface area is 126 Å². The molecule has 0 unspecified atom stereocenters. The van der Waals surface area contributed by atoms with Crippen molar-refractivity contribution in [3.8, 4) is 0 Å². The lowest BCUT2D eigenvalue weighted by atomic mass is 10.3. The second-order valence-corrected chi connectivity index (χ2v) is 4.80. The number of hydrogen-bond donors (Lipinski definition) is 2. The van der Waals surface area contributed by atoms with E-state index in [1.165, 1.54) is 0 Å². The highest BCUT2D eigenvalue weighted by atomic mass is 79.9. The van der Waals surface area contributed by atoms with E-state index in [9.17, 15) is 4.79 Å².